The van der Waals surface area contributed by atoms with Crippen LogP contribution < -0.4 is 16.0 Å². The van der Waals surface area contributed by atoms with Gasteiger partial charge in [0.25, 0.3) is 0 Å². The Bertz CT molecular complexity index is 4960. The van der Waals surface area contributed by atoms with E-state index in [0.29, 0.717) is 90.0 Å². The molecular weight excluding hydrogens is 1510 g/mol. The number of pyridine rings is 3. The fourth-order valence-electron chi connectivity index (χ4n) is 16.5. The maximum atomic E-state index is 15.7. The number of nitrogens with one attached hydrogen (secondary N) is 3. The lowest BCUT2D eigenvalue weighted by Crippen LogP contribution is -2.44. The highest BCUT2D eigenvalue weighted by molar-refractivity contribution is 5.85. The highest BCUT2D eigenvalue weighted by Crippen LogP contribution is 2.44. The third-order valence-electron chi connectivity index (χ3n) is 23.7. The van der Waals surface area contributed by atoms with Gasteiger partial charge in [0.05, 0.1) is 35.1 Å². The summed E-state index contributed by atoms with van der Waals surface area (Å²) < 4.78 is 142. The number of rotatable bonds is 21. The highest BCUT2D eigenvalue weighted by atomic mass is 19.2. The Labute approximate surface area is 675 Å². The zero-order valence-corrected chi connectivity index (χ0v) is 68.9. The summed E-state index contributed by atoms with van der Waals surface area (Å²) in [5.74, 6) is -0.858. The minimum absolute atomic E-state index is 0.0366. The first-order chi connectivity index (χ1) is 55.8. The van der Waals surface area contributed by atoms with Gasteiger partial charge in [-0.05, 0) is 192 Å². The van der Waals surface area contributed by atoms with Crippen LogP contribution in [0.15, 0.2) is 110 Å². The quantitative estimate of drug-likeness (QED) is 0.0570. The van der Waals surface area contributed by atoms with E-state index in [-0.39, 0.29) is 104 Å². The van der Waals surface area contributed by atoms with Crippen molar-refractivity contribution in [2.75, 3.05) is 74.9 Å². The topological polar surface area (TPSA) is 215 Å². The number of alkyl halides is 3. The standard InChI is InChI=1S/3C29H34F3N7/c3*1-6-38-11-9-29(32,10-12-38)18(4)20-7-8-25(33-15-20)36-28-34-16-23(31)26(37-28)21-13-22(30)27-24(14-21)39(17(2)3)19(5)35-27/h3*7-8,13-18H,6,9-12H2,1-5H3,(H,33,34,36,37)/t2*18-;/m10./s1. The van der Waals surface area contributed by atoms with Gasteiger partial charge in [0.2, 0.25) is 17.8 Å². The van der Waals surface area contributed by atoms with Crippen LogP contribution >= 0.6 is 0 Å². The molecule has 3 aliphatic rings. The lowest BCUT2D eigenvalue weighted by molar-refractivity contribution is 0.0406. The van der Waals surface area contributed by atoms with Crippen LogP contribution in [-0.2, 0) is 0 Å². The van der Waals surface area contributed by atoms with Gasteiger partial charge in [-0.15, -0.1) is 0 Å². The maximum Gasteiger partial charge on any atom is 0.229 e. The summed E-state index contributed by atoms with van der Waals surface area (Å²) in [4.78, 5) is 58.2. The van der Waals surface area contributed by atoms with Gasteiger partial charge in [0.1, 0.15) is 85.6 Å². The Balaban J connectivity index is 0.000000152. The molecule has 0 spiro atoms. The summed E-state index contributed by atoms with van der Waals surface area (Å²) in [6.07, 6.45) is 11.1. The molecule has 1 unspecified atom stereocenters. The first-order valence-corrected chi connectivity index (χ1v) is 40.3. The van der Waals surface area contributed by atoms with Crippen LogP contribution in [0.1, 0.15) is 192 Å². The van der Waals surface area contributed by atoms with Crippen LogP contribution in [0.2, 0.25) is 0 Å². The largest absolute Gasteiger partial charge is 0.326 e. The van der Waals surface area contributed by atoms with E-state index < -0.39 is 51.9 Å². The number of halogens is 9. The maximum absolute atomic E-state index is 15.7. The van der Waals surface area contributed by atoms with E-state index in [4.69, 9.17) is 0 Å². The number of nitrogens with zero attached hydrogens (tertiary/aromatic N) is 18. The second-order valence-electron chi connectivity index (χ2n) is 31.9. The second-order valence-corrected chi connectivity index (χ2v) is 31.9. The minimum atomic E-state index is -1.27. The molecule has 0 aliphatic carbocycles. The molecule has 3 aromatic carbocycles. The van der Waals surface area contributed by atoms with Gasteiger partial charge in [0.15, 0.2) is 34.9 Å². The molecule has 0 radical (unpaired) electrons. The van der Waals surface area contributed by atoms with E-state index in [1.807, 2.05) is 115 Å². The number of hydrogen-bond acceptors (Lipinski definition) is 18. The number of hydrogen-bond donors (Lipinski definition) is 3. The molecule has 12 aromatic rings. The normalized spacial score (nSPS) is 16.6. The molecular formula is C87H102F9N21. The summed E-state index contributed by atoms with van der Waals surface area (Å²) in [6.45, 7) is 36.7. The fraction of sp³-hybridized carbons (Fsp3) is 0.448. The Kier molecular flexibility index (Phi) is 25.2. The van der Waals surface area contributed by atoms with Gasteiger partial charge in [-0.2, -0.15) is 0 Å². The molecule has 618 valence electrons. The fourth-order valence-corrected chi connectivity index (χ4v) is 16.5. The van der Waals surface area contributed by atoms with Gasteiger partial charge >= 0.3 is 0 Å². The van der Waals surface area contributed by atoms with Crippen molar-refractivity contribution in [1.29, 1.82) is 0 Å². The molecule has 3 N–H and O–H groups in total. The lowest BCUT2D eigenvalue weighted by atomic mass is 9.79. The number of piperidine rings is 3. The van der Waals surface area contributed by atoms with Crippen molar-refractivity contribution in [1.82, 2.24) is 88.2 Å². The molecule has 21 nitrogen and oxygen atoms in total. The van der Waals surface area contributed by atoms with Gasteiger partial charge in [-0.25, -0.2) is 99.3 Å². The van der Waals surface area contributed by atoms with Crippen LogP contribution in [-0.4, -0.2) is 164 Å². The van der Waals surface area contributed by atoms with Crippen LogP contribution in [0, 0.1) is 55.7 Å². The molecule has 3 aliphatic heterocycles. The number of likely N-dealkylation sites (tertiary alicyclic amines) is 3. The van der Waals surface area contributed by atoms with Crippen molar-refractivity contribution in [3.05, 3.63) is 179 Å². The molecule has 15 rings (SSSR count). The molecule has 3 atom stereocenters. The average molecular weight is 1610 g/mol. The number of imidazole rings is 3. The molecule has 117 heavy (non-hydrogen) atoms. The Hall–Kier alpha value is -10.6. The van der Waals surface area contributed by atoms with Crippen molar-refractivity contribution < 1.29 is 39.5 Å². The zero-order chi connectivity index (χ0) is 83.7. The summed E-state index contributed by atoms with van der Waals surface area (Å²) >= 11 is 0. The highest BCUT2D eigenvalue weighted by Gasteiger charge is 2.43. The number of aryl methyl sites for hydroxylation is 3. The summed E-state index contributed by atoms with van der Waals surface area (Å²) in [6, 6.07) is 19.7. The lowest BCUT2D eigenvalue weighted by Gasteiger charge is -2.39. The first-order valence-electron chi connectivity index (χ1n) is 40.3. The van der Waals surface area contributed by atoms with E-state index in [0.717, 1.165) is 94.2 Å². The average Bonchev–Trinajstić information content (AvgIpc) is 1.64. The smallest absolute Gasteiger partial charge is 0.229 e. The van der Waals surface area contributed by atoms with E-state index >= 15 is 13.2 Å². The van der Waals surface area contributed by atoms with Crippen LogP contribution in [0.25, 0.3) is 66.9 Å². The van der Waals surface area contributed by atoms with E-state index in [1.54, 1.807) is 55.0 Å². The van der Waals surface area contributed by atoms with Crippen molar-refractivity contribution >= 4 is 68.4 Å². The van der Waals surface area contributed by atoms with Gasteiger partial charge in [0, 0.05) is 110 Å². The molecule has 0 amide bonds. The summed E-state index contributed by atoms with van der Waals surface area (Å²) in [7, 11) is 0. The second kappa shape index (κ2) is 34.9. The van der Waals surface area contributed by atoms with E-state index in [9.17, 15) is 26.3 Å². The first kappa shape index (κ1) is 84.3. The third kappa shape index (κ3) is 18.0. The summed E-state index contributed by atoms with van der Waals surface area (Å²) in [5.41, 5.74) is 1.81. The molecule has 3 saturated heterocycles. The van der Waals surface area contributed by atoms with Crippen LogP contribution in [0.3, 0.4) is 0 Å². The predicted molar refractivity (Wildman–Crippen MR) is 441 cm³/mol. The van der Waals surface area contributed by atoms with Gasteiger partial charge in [-0.1, -0.05) is 59.7 Å². The summed E-state index contributed by atoms with van der Waals surface area (Å²) in [5, 5.41) is 8.95. The van der Waals surface area contributed by atoms with E-state index in [2.05, 4.69) is 111 Å². The van der Waals surface area contributed by atoms with Crippen molar-refractivity contribution in [3.63, 3.8) is 0 Å². The number of aromatic nitrogens is 15. The van der Waals surface area contributed by atoms with Crippen molar-refractivity contribution in [2.45, 2.75) is 195 Å². The molecule has 9 aromatic heterocycles. The number of benzene rings is 3. The predicted octanol–water partition coefficient (Wildman–Crippen LogP) is 20.2. The van der Waals surface area contributed by atoms with E-state index in [1.165, 1.54) is 18.2 Å². The Morgan fingerprint density at radius 1 is 0.333 bits per heavy atom. The monoisotopic (exact) mass is 1610 g/mol. The molecule has 0 saturated carbocycles. The molecule has 0 bridgehead atoms. The van der Waals surface area contributed by atoms with Crippen LogP contribution in [0.4, 0.5) is 74.8 Å². The van der Waals surface area contributed by atoms with Crippen LogP contribution in [0.5, 0.6) is 0 Å². The van der Waals surface area contributed by atoms with Crippen molar-refractivity contribution in [2.24, 2.45) is 0 Å². The van der Waals surface area contributed by atoms with Gasteiger partial charge < -0.3 is 44.4 Å². The Morgan fingerprint density at radius 2 is 0.581 bits per heavy atom. The SMILES string of the molecule is CCN1CCC(F)(C(C)c2ccc(Nc3ncc(F)c(-c4cc(F)c5nc(C)n(C(C)C)c5c4)n3)nc2)CC1.CCN1CCC(F)([C@@H](C)c2ccc(Nc3ncc(F)c(-c4cc(F)c5nc(C)n(C(C)C)c5c4)n3)nc2)CC1.CCN1CCC(F)([C@H](C)c2ccc(Nc3ncc(F)c(-c4cc(F)c5nc(C)n(C(C)C)c5c4)n3)nc2)CC1. The molecule has 3 fully saturated rings. The number of fused-ring (bicyclic) bond motifs is 3. The minimum Gasteiger partial charge on any atom is -0.326 e. The van der Waals surface area contributed by atoms with Gasteiger partial charge in [-0.3, -0.25) is 0 Å². The third-order valence-corrected chi connectivity index (χ3v) is 23.7. The molecule has 30 heteroatoms. The number of anilines is 6. The van der Waals surface area contributed by atoms with Crippen molar-refractivity contribution in [3.8, 4) is 33.8 Å². The Morgan fingerprint density at radius 3 is 0.795 bits per heavy atom. The molecule has 12 heterocycles. The zero-order valence-electron chi connectivity index (χ0n) is 68.9.